The van der Waals surface area contributed by atoms with Gasteiger partial charge in [-0.1, -0.05) is 17.7 Å². The molecular weight excluding hydrogens is 477 g/mol. The van der Waals surface area contributed by atoms with Crippen LogP contribution in [0, 0.1) is 5.82 Å². The molecule has 1 aromatic carbocycles. The lowest BCUT2D eigenvalue weighted by atomic mass is 9.95. The largest absolute Gasteiger partial charge is 0.463 e. The zero-order valence-electron chi connectivity index (χ0n) is 18.1. The van der Waals surface area contributed by atoms with Crippen LogP contribution in [0.25, 0.3) is 0 Å². The molecular formula is C21H22ClF3N6O3. The number of carbonyl (C=O) groups excluding carboxylic acids is 1. The van der Waals surface area contributed by atoms with Gasteiger partial charge in [-0.25, -0.2) is 23.0 Å². The molecule has 2 N–H and O–H groups in total. The summed E-state index contributed by atoms with van der Waals surface area (Å²) in [4.78, 5) is 20.1. The lowest BCUT2D eigenvalue weighted by Crippen LogP contribution is -2.53. The first-order chi connectivity index (χ1) is 16.2. The first-order valence-electron chi connectivity index (χ1n) is 10.5. The van der Waals surface area contributed by atoms with Crippen molar-refractivity contribution in [3.05, 3.63) is 58.3 Å². The Morgan fingerprint density at radius 2 is 2.09 bits per heavy atom. The highest BCUT2D eigenvalue weighted by Gasteiger charge is 2.44. The van der Waals surface area contributed by atoms with Crippen LogP contribution in [0.2, 0.25) is 5.02 Å². The van der Waals surface area contributed by atoms with E-state index in [-0.39, 0.29) is 48.4 Å². The second-order valence-electron chi connectivity index (χ2n) is 7.85. The van der Waals surface area contributed by atoms with Crippen LogP contribution >= 0.6 is 11.6 Å². The van der Waals surface area contributed by atoms with E-state index >= 15 is 0 Å². The number of likely N-dealkylation sites (tertiary alicyclic amines) is 1. The van der Waals surface area contributed by atoms with Gasteiger partial charge in [0.1, 0.15) is 18.0 Å². The van der Waals surface area contributed by atoms with Gasteiger partial charge in [0.2, 0.25) is 5.96 Å². The predicted octanol–water partition coefficient (Wildman–Crippen LogP) is 2.14. The molecule has 2 atom stereocenters. The lowest BCUT2D eigenvalue weighted by Gasteiger charge is -2.37. The Morgan fingerprint density at radius 1 is 1.35 bits per heavy atom. The van der Waals surface area contributed by atoms with E-state index in [4.69, 9.17) is 16.3 Å². The Morgan fingerprint density at radius 3 is 2.74 bits per heavy atom. The van der Waals surface area contributed by atoms with Crippen molar-refractivity contribution in [3.63, 3.8) is 0 Å². The third kappa shape index (κ3) is 4.93. The monoisotopic (exact) mass is 498 g/mol. The summed E-state index contributed by atoms with van der Waals surface area (Å²) in [7, 11) is 0. The summed E-state index contributed by atoms with van der Waals surface area (Å²) in [5, 5.41) is 20.7. The van der Waals surface area contributed by atoms with Gasteiger partial charge in [-0.2, -0.15) is 10.2 Å². The topological polar surface area (TPSA) is 105 Å². The number of aliphatic imine (C=N–C) groups is 1. The third-order valence-corrected chi connectivity index (χ3v) is 5.82. The highest BCUT2D eigenvalue weighted by Crippen LogP contribution is 2.37. The van der Waals surface area contributed by atoms with E-state index < -0.39 is 36.4 Å². The fourth-order valence-electron chi connectivity index (χ4n) is 3.89. The highest BCUT2D eigenvalue weighted by atomic mass is 35.5. The second kappa shape index (κ2) is 9.72. The number of rotatable bonds is 5. The number of nitrogens with one attached hydrogen (secondary N) is 1. The minimum absolute atomic E-state index is 0.0252. The van der Waals surface area contributed by atoms with Gasteiger partial charge in [0.25, 0.3) is 5.92 Å². The lowest BCUT2D eigenvalue weighted by molar-refractivity contribution is -0.148. The molecule has 9 nitrogen and oxygen atoms in total. The molecule has 34 heavy (non-hydrogen) atoms. The van der Waals surface area contributed by atoms with Gasteiger partial charge in [-0.05, 0) is 25.5 Å². The summed E-state index contributed by atoms with van der Waals surface area (Å²) in [6.45, 7) is 1.05. The minimum Gasteiger partial charge on any atom is -0.463 e. The SMILES string of the molecule is CCOC(=O)C1=C(CN2CCC(O)C(F)(F)C2)NC(n2nccn2)=NC1c1ccc(F)cc1Cl. The number of esters is 1. The van der Waals surface area contributed by atoms with E-state index in [1.807, 2.05) is 0 Å². The number of hydrogen-bond donors (Lipinski definition) is 2. The number of ether oxygens (including phenoxy) is 1. The van der Waals surface area contributed by atoms with E-state index in [1.54, 1.807) is 6.92 Å². The Hall–Kier alpha value is -2.96. The van der Waals surface area contributed by atoms with Crippen molar-refractivity contribution in [2.24, 2.45) is 4.99 Å². The summed E-state index contributed by atoms with van der Waals surface area (Å²) in [5.74, 6) is -4.49. The maximum Gasteiger partial charge on any atom is 0.338 e. The maximum atomic E-state index is 14.2. The first kappa shape index (κ1) is 24.2. The molecule has 2 aliphatic heterocycles. The molecule has 2 aliphatic rings. The molecule has 0 spiro atoms. The fraction of sp³-hybridized carbons (Fsp3) is 0.429. The number of nitrogens with zero attached hydrogens (tertiary/aromatic N) is 5. The molecule has 0 amide bonds. The number of alkyl halides is 2. The van der Waals surface area contributed by atoms with Crippen LogP contribution < -0.4 is 5.32 Å². The molecule has 13 heteroatoms. The Bertz CT molecular complexity index is 1120. The molecule has 4 rings (SSSR count). The molecule has 3 heterocycles. The van der Waals surface area contributed by atoms with E-state index in [2.05, 4.69) is 20.5 Å². The van der Waals surface area contributed by atoms with Gasteiger partial charge < -0.3 is 15.2 Å². The van der Waals surface area contributed by atoms with Crippen molar-refractivity contribution in [2.45, 2.75) is 31.4 Å². The number of aromatic nitrogens is 3. The second-order valence-corrected chi connectivity index (χ2v) is 8.26. The van der Waals surface area contributed by atoms with Crippen LogP contribution in [-0.4, -0.2) is 75.2 Å². The van der Waals surface area contributed by atoms with Crippen LogP contribution in [-0.2, 0) is 9.53 Å². The number of piperidine rings is 1. The van der Waals surface area contributed by atoms with Crippen molar-refractivity contribution < 1.29 is 27.8 Å². The summed E-state index contributed by atoms with van der Waals surface area (Å²) in [6.07, 6.45) is 0.962. The maximum absolute atomic E-state index is 14.2. The number of aliphatic hydroxyl groups is 1. The van der Waals surface area contributed by atoms with Crippen molar-refractivity contribution in [2.75, 3.05) is 26.2 Å². The van der Waals surface area contributed by atoms with Gasteiger partial charge in [-0.3, -0.25) is 4.90 Å². The molecule has 2 unspecified atom stereocenters. The van der Waals surface area contributed by atoms with Crippen LogP contribution in [0.3, 0.4) is 0 Å². The van der Waals surface area contributed by atoms with Crippen LogP contribution in [0.15, 0.2) is 46.9 Å². The molecule has 182 valence electrons. The summed E-state index contributed by atoms with van der Waals surface area (Å²) in [6, 6.07) is 2.63. The van der Waals surface area contributed by atoms with E-state index in [1.165, 1.54) is 34.2 Å². The molecule has 2 aromatic rings. The smallest absolute Gasteiger partial charge is 0.338 e. The molecule has 0 saturated carbocycles. The van der Waals surface area contributed by atoms with Crippen LogP contribution in [0.5, 0.6) is 0 Å². The number of aliphatic hydroxyl groups excluding tert-OH is 1. The number of halogens is 4. The Balaban J connectivity index is 1.80. The van der Waals surface area contributed by atoms with Crippen molar-refractivity contribution in [1.29, 1.82) is 0 Å². The fourth-order valence-corrected chi connectivity index (χ4v) is 4.16. The van der Waals surface area contributed by atoms with Crippen molar-refractivity contribution in [1.82, 2.24) is 25.2 Å². The Kier molecular flexibility index (Phi) is 6.91. The number of benzene rings is 1. The molecule has 1 aromatic heterocycles. The van der Waals surface area contributed by atoms with Gasteiger partial charge in [-0.15, -0.1) is 4.80 Å². The normalized spacial score (nSPS) is 22.8. The van der Waals surface area contributed by atoms with E-state index in [9.17, 15) is 23.1 Å². The van der Waals surface area contributed by atoms with Gasteiger partial charge in [0.05, 0.1) is 31.1 Å². The predicted molar refractivity (Wildman–Crippen MR) is 116 cm³/mol. The van der Waals surface area contributed by atoms with Gasteiger partial charge in [0, 0.05) is 29.4 Å². The molecule has 1 saturated heterocycles. The summed E-state index contributed by atoms with van der Waals surface area (Å²) >= 11 is 6.30. The molecule has 1 fully saturated rings. The van der Waals surface area contributed by atoms with Gasteiger partial charge in [0.15, 0.2) is 0 Å². The number of hydrogen-bond acceptors (Lipinski definition) is 8. The first-order valence-corrected chi connectivity index (χ1v) is 10.9. The average Bonchev–Trinajstić information content (AvgIpc) is 3.31. The quantitative estimate of drug-likeness (QED) is 0.608. The third-order valence-electron chi connectivity index (χ3n) is 5.50. The molecule has 0 radical (unpaired) electrons. The zero-order chi connectivity index (χ0) is 24.5. The standard InChI is InChI=1S/C21H22ClF3N6O3/c1-2-34-19(33)17-15(10-30-8-5-16(32)21(24,25)11-30)28-20(31-26-6-7-27-31)29-18(17)13-4-3-12(23)9-14(13)22/h3-4,6-7,9,16,18,32H,2,5,8,10-11H2,1H3,(H,28,29). The summed E-state index contributed by atoms with van der Waals surface area (Å²) in [5.41, 5.74) is 0.591. The average molecular weight is 499 g/mol. The van der Waals surface area contributed by atoms with Crippen LogP contribution in [0.1, 0.15) is 24.9 Å². The molecule has 0 aliphatic carbocycles. The van der Waals surface area contributed by atoms with Crippen molar-refractivity contribution >= 4 is 23.5 Å². The number of carbonyl (C=O) groups is 1. The van der Waals surface area contributed by atoms with Crippen molar-refractivity contribution in [3.8, 4) is 0 Å². The Labute approximate surface area is 197 Å². The van der Waals surface area contributed by atoms with E-state index in [0.717, 1.165) is 6.07 Å². The van der Waals surface area contributed by atoms with Gasteiger partial charge >= 0.3 is 5.97 Å². The minimum atomic E-state index is -3.31. The molecule has 0 bridgehead atoms. The summed E-state index contributed by atoms with van der Waals surface area (Å²) < 4.78 is 47.3. The van der Waals surface area contributed by atoms with E-state index in [0.29, 0.717) is 5.56 Å². The van der Waals surface area contributed by atoms with Crippen LogP contribution in [0.4, 0.5) is 13.2 Å². The zero-order valence-corrected chi connectivity index (χ0v) is 18.8. The highest BCUT2D eigenvalue weighted by molar-refractivity contribution is 6.31.